The highest BCUT2D eigenvalue weighted by Gasteiger charge is 2.34. The summed E-state index contributed by atoms with van der Waals surface area (Å²) >= 11 is 0. The number of hydrogen-bond donors (Lipinski definition) is 0. The zero-order chi connectivity index (χ0) is 21.2. The molecule has 0 radical (unpaired) electrons. The molecule has 0 saturated carbocycles. The molecule has 1 atom stereocenters. The Morgan fingerprint density at radius 3 is 2.48 bits per heavy atom. The lowest BCUT2D eigenvalue weighted by Gasteiger charge is -2.37. The van der Waals surface area contributed by atoms with Gasteiger partial charge in [0.15, 0.2) is 0 Å². The van der Waals surface area contributed by atoms with E-state index in [0.29, 0.717) is 17.2 Å². The molecule has 0 spiro atoms. The van der Waals surface area contributed by atoms with Gasteiger partial charge in [-0.05, 0) is 75.3 Å². The number of carbonyl (C=O) groups excluding carboxylic acids is 1. The molecular weight excluding hydrogens is 360 g/mol. The summed E-state index contributed by atoms with van der Waals surface area (Å²) in [7, 11) is 0. The van der Waals surface area contributed by atoms with Crippen LogP contribution in [0.1, 0.15) is 66.2 Å². The van der Waals surface area contributed by atoms with E-state index in [4.69, 9.17) is 9.47 Å². The van der Waals surface area contributed by atoms with Crippen molar-refractivity contribution in [2.75, 3.05) is 0 Å². The number of allylic oxidation sites excluding steroid dienone is 1. The van der Waals surface area contributed by atoms with Gasteiger partial charge in [-0.15, -0.1) is 0 Å². The second kappa shape index (κ2) is 8.44. The Balaban J connectivity index is 1.90. The third-order valence-electron chi connectivity index (χ3n) is 5.84. The molecule has 0 bridgehead atoms. The van der Waals surface area contributed by atoms with Gasteiger partial charge >= 0.3 is 5.97 Å². The quantitative estimate of drug-likeness (QED) is 0.330. The third kappa shape index (κ3) is 4.55. The fourth-order valence-electron chi connectivity index (χ4n) is 3.89. The van der Waals surface area contributed by atoms with E-state index in [-0.39, 0.29) is 11.6 Å². The van der Waals surface area contributed by atoms with Gasteiger partial charge in [-0.1, -0.05) is 44.2 Å². The summed E-state index contributed by atoms with van der Waals surface area (Å²) in [5.74, 6) is 1.85. The Kier molecular flexibility index (Phi) is 6.16. The Morgan fingerprint density at radius 2 is 1.83 bits per heavy atom. The summed E-state index contributed by atoms with van der Waals surface area (Å²) in [5.41, 5.74) is 4.54. The van der Waals surface area contributed by atoms with Crippen LogP contribution in [0.5, 0.6) is 11.5 Å². The number of benzene rings is 2. The first-order valence-electron chi connectivity index (χ1n) is 10.5. The summed E-state index contributed by atoms with van der Waals surface area (Å²) in [6.07, 6.45) is 7.23. The van der Waals surface area contributed by atoms with Gasteiger partial charge in [0, 0.05) is 12.0 Å². The maximum Gasteiger partial charge on any atom is 0.343 e. The number of hydrogen-bond acceptors (Lipinski definition) is 3. The van der Waals surface area contributed by atoms with Crippen molar-refractivity contribution in [1.82, 2.24) is 0 Å². The van der Waals surface area contributed by atoms with Crippen LogP contribution in [0.3, 0.4) is 0 Å². The van der Waals surface area contributed by atoms with Gasteiger partial charge in [-0.25, -0.2) is 4.79 Å². The average molecular weight is 393 g/mol. The van der Waals surface area contributed by atoms with Crippen molar-refractivity contribution < 1.29 is 14.3 Å². The van der Waals surface area contributed by atoms with Crippen LogP contribution in [-0.2, 0) is 6.42 Å². The minimum Gasteiger partial charge on any atom is -0.487 e. The highest BCUT2D eigenvalue weighted by atomic mass is 16.5. The van der Waals surface area contributed by atoms with Gasteiger partial charge in [-0.3, -0.25) is 0 Å². The maximum atomic E-state index is 12.6. The first-order valence-corrected chi connectivity index (χ1v) is 10.5. The molecule has 0 amide bonds. The third-order valence-corrected chi connectivity index (χ3v) is 5.84. The molecule has 2 aromatic rings. The zero-order valence-electron chi connectivity index (χ0n) is 18.5. The van der Waals surface area contributed by atoms with Crippen molar-refractivity contribution in [2.45, 2.75) is 66.4 Å². The van der Waals surface area contributed by atoms with Crippen molar-refractivity contribution in [1.29, 1.82) is 0 Å². The van der Waals surface area contributed by atoms with Gasteiger partial charge in [0.1, 0.15) is 17.1 Å². The predicted octanol–water partition coefficient (Wildman–Crippen LogP) is 6.52. The van der Waals surface area contributed by atoms with Crippen molar-refractivity contribution in [3.63, 3.8) is 0 Å². The fourth-order valence-corrected chi connectivity index (χ4v) is 3.89. The second-order valence-electron chi connectivity index (χ2n) is 8.70. The van der Waals surface area contributed by atoms with Crippen LogP contribution in [-0.4, -0.2) is 11.6 Å². The minimum atomic E-state index is -0.323. The lowest BCUT2D eigenvalue weighted by molar-refractivity contribution is 0.0654. The summed E-state index contributed by atoms with van der Waals surface area (Å²) in [6.45, 7) is 12.7. The summed E-state index contributed by atoms with van der Waals surface area (Å²) in [4.78, 5) is 12.6. The van der Waals surface area contributed by atoms with Crippen molar-refractivity contribution in [2.24, 2.45) is 5.92 Å². The summed E-state index contributed by atoms with van der Waals surface area (Å²) in [6, 6.07) is 9.13. The largest absolute Gasteiger partial charge is 0.487 e. The van der Waals surface area contributed by atoms with E-state index in [0.717, 1.165) is 47.3 Å². The molecule has 0 aliphatic carbocycles. The average Bonchev–Trinajstić information content (AvgIpc) is 2.69. The lowest BCUT2D eigenvalue weighted by Crippen LogP contribution is -2.36. The summed E-state index contributed by atoms with van der Waals surface area (Å²) < 4.78 is 12.4. The van der Waals surface area contributed by atoms with E-state index in [1.54, 1.807) is 12.1 Å². The number of rotatable bonds is 5. The SMILES string of the molecule is Cc1c(C)c2c(c(C)c1OC(=O)c1ccccc1)CC[C@@](C)(C/C=C/C(C)C)O2. The topological polar surface area (TPSA) is 35.5 Å². The molecule has 0 saturated heterocycles. The highest BCUT2D eigenvalue weighted by molar-refractivity contribution is 5.91. The monoisotopic (exact) mass is 392 g/mol. The van der Waals surface area contributed by atoms with E-state index in [1.165, 1.54) is 0 Å². The molecule has 3 rings (SSSR count). The number of fused-ring (bicyclic) bond motifs is 1. The predicted molar refractivity (Wildman–Crippen MR) is 118 cm³/mol. The molecule has 0 unspecified atom stereocenters. The molecule has 1 aliphatic rings. The van der Waals surface area contributed by atoms with Crippen LogP contribution in [0.25, 0.3) is 0 Å². The Morgan fingerprint density at radius 1 is 1.14 bits per heavy atom. The normalized spacial score (nSPS) is 18.6. The molecule has 1 heterocycles. The molecule has 3 heteroatoms. The van der Waals surface area contributed by atoms with E-state index in [9.17, 15) is 4.79 Å². The van der Waals surface area contributed by atoms with Crippen LogP contribution < -0.4 is 9.47 Å². The first-order chi connectivity index (χ1) is 13.7. The van der Waals surface area contributed by atoms with Gasteiger partial charge in [0.05, 0.1) is 5.56 Å². The molecule has 1 aliphatic heterocycles. The van der Waals surface area contributed by atoms with Crippen LogP contribution in [0.2, 0.25) is 0 Å². The molecule has 2 aromatic carbocycles. The second-order valence-corrected chi connectivity index (χ2v) is 8.70. The van der Waals surface area contributed by atoms with E-state index >= 15 is 0 Å². The standard InChI is InChI=1S/C26H32O3/c1-17(2)11-10-15-26(6)16-14-22-20(5)23(18(3)19(4)24(22)29-26)28-25(27)21-12-8-7-9-13-21/h7-13,17H,14-16H2,1-6H3/b11-10+/t26-/m1/s1. The van der Waals surface area contributed by atoms with Gasteiger partial charge in [-0.2, -0.15) is 0 Å². The van der Waals surface area contributed by atoms with Crippen LogP contribution >= 0.6 is 0 Å². The highest BCUT2D eigenvalue weighted by Crippen LogP contribution is 2.44. The van der Waals surface area contributed by atoms with E-state index in [1.807, 2.05) is 32.0 Å². The maximum absolute atomic E-state index is 12.6. The summed E-state index contributed by atoms with van der Waals surface area (Å²) in [5, 5.41) is 0. The Hall–Kier alpha value is -2.55. The van der Waals surface area contributed by atoms with Gasteiger partial charge < -0.3 is 9.47 Å². The smallest absolute Gasteiger partial charge is 0.343 e. The van der Waals surface area contributed by atoms with Crippen molar-refractivity contribution >= 4 is 5.97 Å². The minimum absolute atomic E-state index is 0.204. The first kappa shape index (κ1) is 21.2. The van der Waals surface area contributed by atoms with Gasteiger partial charge in [0.2, 0.25) is 0 Å². The Labute approximate surface area is 174 Å². The van der Waals surface area contributed by atoms with Crippen LogP contribution in [0.4, 0.5) is 0 Å². The zero-order valence-corrected chi connectivity index (χ0v) is 18.5. The molecule has 0 fully saturated rings. The lowest BCUT2D eigenvalue weighted by atomic mass is 9.85. The molecule has 29 heavy (non-hydrogen) atoms. The van der Waals surface area contributed by atoms with Gasteiger partial charge in [0.25, 0.3) is 0 Å². The fraction of sp³-hybridized carbons (Fsp3) is 0.423. The molecule has 154 valence electrons. The van der Waals surface area contributed by atoms with E-state index < -0.39 is 0 Å². The number of ether oxygens (including phenoxy) is 2. The molecule has 0 N–H and O–H groups in total. The van der Waals surface area contributed by atoms with E-state index in [2.05, 4.69) is 39.8 Å². The van der Waals surface area contributed by atoms with Crippen molar-refractivity contribution in [3.8, 4) is 11.5 Å². The van der Waals surface area contributed by atoms with Crippen molar-refractivity contribution in [3.05, 3.63) is 70.3 Å². The van der Waals surface area contributed by atoms with Crippen LogP contribution in [0.15, 0.2) is 42.5 Å². The molecular formula is C26H32O3. The number of carbonyl (C=O) groups is 1. The number of esters is 1. The van der Waals surface area contributed by atoms with Crippen LogP contribution in [0, 0.1) is 26.7 Å². The molecule has 3 nitrogen and oxygen atoms in total. The molecule has 0 aromatic heterocycles. The Bertz CT molecular complexity index is 925.